The average molecular weight is 275 g/mol. The first-order chi connectivity index (χ1) is 9.10. The molecule has 1 aromatic carbocycles. The molecule has 0 radical (unpaired) electrons. The molecule has 1 aromatic heterocycles. The summed E-state index contributed by atoms with van der Waals surface area (Å²) in [5.41, 5.74) is 2.35. The van der Waals surface area contributed by atoms with Gasteiger partial charge in [0.25, 0.3) is 0 Å². The predicted octanol–water partition coefficient (Wildman–Crippen LogP) is 3.76. The number of carbonyl (C=O) groups is 1. The van der Waals surface area contributed by atoms with Crippen LogP contribution in [-0.2, 0) is 6.54 Å². The lowest BCUT2D eigenvalue weighted by atomic mass is 10.1. The summed E-state index contributed by atoms with van der Waals surface area (Å²) in [7, 11) is 0. The molecule has 19 heavy (non-hydrogen) atoms. The summed E-state index contributed by atoms with van der Waals surface area (Å²) < 4.78 is 1.74. The maximum Gasteiger partial charge on any atom is 0.185 e. The van der Waals surface area contributed by atoms with Crippen molar-refractivity contribution in [3.8, 4) is 0 Å². The highest BCUT2D eigenvalue weighted by Gasteiger charge is 2.05. The minimum atomic E-state index is -0.0502. The monoisotopic (exact) mass is 274 g/mol. The fraction of sp³-hybridized carbons (Fsp3) is 0.200. The Bertz CT molecular complexity index is 629. The van der Waals surface area contributed by atoms with E-state index < -0.39 is 0 Å². The predicted molar refractivity (Wildman–Crippen MR) is 77.5 cm³/mol. The summed E-state index contributed by atoms with van der Waals surface area (Å²) in [6.07, 6.45) is 4.90. The Kier molecular flexibility index (Phi) is 4.17. The molecule has 0 unspecified atom stereocenters. The molecule has 0 bridgehead atoms. The Labute approximate surface area is 117 Å². The maximum absolute atomic E-state index is 12.0. The number of halogens is 1. The molecule has 0 saturated heterocycles. The number of ketones is 1. The molecule has 3 nitrogen and oxygen atoms in total. The van der Waals surface area contributed by atoms with Gasteiger partial charge in [-0.05, 0) is 32.1 Å². The van der Waals surface area contributed by atoms with E-state index in [1.54, 1.807) is 23.0 Å². The number of allylic oxidation sites excluding steroid dienone is 1. The van der Waals surface area contributed by atoms with Crippen LogP contribution in [0.25, 0.3) is 6.08 Å². The van der Waals surface area contributed by atoms with E-state index in [1.165, 1.54) is 6.08 Å². The minimum absolute atomic E-state index is 0.0502. The van der Waals surface area contributed by atoms with Gasteiger partial charge in [0.05, 0.1) is 5.02 Å². The van der Waals surface area contributed by atoms with Crippen LogP contribution in [0.5, 0.6) is 0 Å². The molecule has 0 spiro atoms. The van der Waals surface area contributed by atoms with Crippen molar-refractivity contribution in [2.24, 2.45) is 0 Å². The Morgan fingerprint density at radius 3 is 2.89 bits per heavy atom. The Balaban J connectivity index is 2.18. The van der Waals surface area contributed by atoms with Crippen molar-refractivity contribution in [3.05, 3.63) is 58.4 Å². The second-order valence-corrected chi connectivity index (χ2v) is 4.69. The van der Waals surface area contributed by atoms with Crippen molar-refractivity contribution in [3.63, 3.8) is 0 Å². The van der Waals surface area contributed by atoms with E-state index in [0.29, 0.717) is 16.3 Å². The number of carbonyl (C=O) groups excluding carboxylic acids is 1. The van der Waals surface area contributed by atoms with Crippen LogP contribution >= 0.6 is 11.6 Å². The quantitative estimate of drug-likeness (QED) is 0.628. The zero-order valence-electron chi connectivity index (χ0n) is 10.9. The third kappa shape index (κ3) is 3.32. The Morgan fingerprint density at radius 1 is 1.47 bits per heavy atom. The lowest BCUT2D eigenvalue weighted by molar-refractivity contribution is 0.104. The number of aromatic nitrogens is 2. The molecule has 2 aromatic rings. The van der Waals surface area contributed by atoms with Crippen LogP contribution in [0, 0.1) is 6.92 Å². The second kappa shape index (κ2) is 5.85. The van der Waals surface area contributed by atoms with E-state index >= 15 is 0 Å². The van der Waals surface area contributed by atoms with Gasteiger partial charge in [-0.25, -0.2) is 0 Å². The molecule has 98 valence electrons. The fourth-order valence-electron chi connectivity index (χ4n) is 1.74. The number of hydrogen-bond donors (Lipinski definition) is 0. The smallest absolute Gasteiger partial charge is 0.185 e. The normalized spacial score (nSPS) is 11.1. The molecule has 2 rings (SSSR count). The number of hydrogen-bond acceptors (Lipinski definition) is 2. The largest absolute Gasteiger partial charge is 0.289 e. The third-order valence-corrected chi connectivity index (χ3v) is 3.05. The minimum Gasteiger partial charge on any atom is -0.289 e. The third-order valence-electron chi connectivity index (χ3n) is 2.76. The number of nitrogens with zero attached hydrogens (tertiary/aromatic N) is 2. The van der Waals surface area contributed by atoms with Gasteiger partial charge < -0.3 is 0 Å². The second-order valence-electron chi connectivity index (χ2n) is 4.29. The molecular weight excluding hydrogens is 260 g/mol. The molecule has 0 atom stereocenters. The zero-order valence-corrected chi connectivity index (χ0v) is 11.7. The summed E-state index contributed by atoms with van der Waals surface area (Å²) in [5, 5.41) is 4.81. The Morgan fingerprint density at radius 2 is 2.26 bits per heavy atom. The topological polar surface area (TPSA) is 34.9 Å². The van der Waals surface area contributed by atoms with E-state index in [2.05, 4.69) is 5.10 Å². The van der Waals surface area contributed by atoms with E-state index in [9.17, 15) is 4.79 Å². The lowest BCUT2D eigenvalue weighted by Gasteiger charge is -1.97. The van der Waals surface area contributed by atoms with Gasteiger partial charge in [0.1, 0.15) is 5.69 Å². The molecular formula is C15H15ClN2O. The van der Waals surface area contributed by atoms with Crippen LogP contribution in [0.15, 0.2) is 36.5 Å². The molecule has 0 aliphatic heterocycles. The molecule has 0 saturated carbocycles. The van der Waals surface area contributed by atoms with E-state index in [0.717, 1.165) is 12.1 Å². The summed E-state index contributed by atoms with van der Waals surface area (Å²) >= 11 is 6.03. The molecule has 0 N–H and O–H groups in total. The van der Waals surface area contributed by atoms with Crippen LogP contribution < -0.4 is 0 Å². The number of rotatable bonds is 4. The Hall–Kier alpha value is -1.87. The number of aryl methyl sites for hydroxylation is 2. The van der Waals surface area contributed by atoms with Gasteiger partial charge in [0.15, 0.2) is 5.78 Å². The van der Waals surface area contributed by atoms with E-state index in [4.69, 9.17) is 11.6 Å². The van der Waals surface area contributed by atoms with Crippen LogP contribution in [0.4, 0.5) is 0 Å². The average Bonchev–Trinajstić information content (AvgIpc) is 2.76. The first-order valence-electron chi connectivity index (χ1n) is 6.12. The van der Waals surface area contributed by atoms with Gasteiger partial charge in [-0.3, -0.25) is 9.48 Å². The highest BCUT2D eigenvalue weighted by Crippen LogP contribution is 2.16. The summed E-state index contributed by atoms with van der Waals surface area (Å²) in [4.78, 5) is 12.0. The summed E-state index contributed by atoms with van der Waals surface area (Å²) in [6.45, 7) is 4.69. The number of benzene rings is 1. The molecule has 0 amide bonds. The van der Waals surface area contributed by atoms with Gasteiger partial charge >= 0.3 is 0 Å². The highest BCUT2D eigenvalue weighted by atomic mass is 35.5. The van der Waals surface area contributed by atoms with Crippen LogP contribution in [0.1, 0.15) is 28.5 Å². The molecule has 1 heterocycles. The van der Waals surface area contributed by atoms with Crippen molar-refractivity contribution in [2.75, 3.05) is 0 Å². The van der Waals surface area contributed by atoms with Gasteiger partial charge in [0, 0.05) is 18.3 Å². The van der Waals surface area contributed by atoms with Crippen molar-refractivity contribution in [2.45, 2.75) is 20.4 Å². The van der Waals surface area contributed by atoms with Crippen molar-refractivity contribution in [1.82, 2.24) is 9.78 Å². The molecule has 4 heteroatoms. The SMILES string of the molecule is CCn1cc(Cl)c(/C=C/C(=O)c2cccc(C)c2)n1. The van der Waals surface area contributed by atoms with Crippen molar-refractivity contribution >= 4 is 23.5 Å². The summed E-state index contributed by atoms with van der Waals surface area (Å²) in [6, 6.07) is 7.49. The van der Waals surface area contributed by atoms with Crippen molar-refractivity contribution < 1.29 is 4.79 Å². The molecule has 0 aliphatic rings. The first-order valence-corrected chi connectivity index (χ1v) is 6.50. The van der Waals surface area contributed by atoms with Gasteiger partial charge in [-0.1, -0.05) is 35.4 Å². The standard InChI is InChI=1S/C15H15ClN2O/c1-3-18-10-13(16)14(17-18)7-8-15(19)12-6-4-5-11(2)9-12/h4-10H,3H2,1-2H3/b8-7+. The van der Waals surface area contributed by atoms with Crippen molar-refractivity contribution in [1.29, 1.82) is 0 Å². The van der Waals surface area contributed by atoms with E-state index in [-0.39, 0.29) is 5.78 Å². The maximum atomic E-state index is 12.0. The van der Waals surface area contributed by atoms with Crippen LogP contribution in [-0.4, -0.2) is 15.6 Å². The fourth-order valence-corrected chi connectivity index (χ4v) is 1.95. The molecule has 0 fully saturated rings. The van der Waals surface area contributed by atoms with Crippen LogP contribution in [0.3, 0.4) is 0 Å². The highest BCUT2D eigenvalue weighted by molar-refractivity contribution is 6.31. The van der Waals surface area contributed by atoms with Crippen LogP contribution in [0.2, 0.25) is 5.02 Å². The lowest BCUT2D eigenvalue weighted by Crippen LogP contribution is -1.95. The van der Waals surface area contributed by atoms with Gasteiger partial charge in [0.2, 0.25) is 0 Å². The van der Waals surface area contributed by atoms with Gasteiger partial charge in [-0.2, -0.15) is 5.10 Å². The first kappa shape index (κ1) is 13.6. The summed E-state index contributed by atoms with van der Waals surface area (Å²) in [5.74, 6) is -0.0502. The zero-order chi connectivity index (χ0) is 13.8. The van der Waals surface area contributed by atoms with E-state index in [1.807, 2.05) is 32.0 Å². The van der Waals surface area contributed by atoms with Gasteiger partial charge in [-0.15, -0.1) is 0 Å². The molecule has 0 aliphatic carbocycles.